The fourth-order valence-electron chi connectivity index (χ4n) is 0.726. The van der Waals surface area contributed by atoms with Gasteiger partial charge in [-0.15, -0.1) is 6.58 Å². The number of likely N-dealkylation sites (N-methyl/N-ethyl adjacent to an activating group) is 2. The highest BCUT2D eigenvalue weighted by Gasteiger charge is 1.92. The van der Waals surface area contributed by atoms with Gasteiger partial charge in [0.2, 0.25) is 0 Å². The van der Waals surface area contributed by atoms with Crippen molar-refractivity contribution in [2.75, 3.05) is 33.7 Å². The summed E-state index contributed by atoms with van der Waals surface area (Å²) < 4.78 is 0. The Hall–Kier alpha value is -0.340. The molecule has 0 heterocycles. The van der Waals surface area contributed by atoms with Gasteiger partial charge < -0.3 is 10.2 Å². The zero-order valence-electron chi connectivity index (χ0n) is 7.06. The second kappa shape index (κ2) is 6.78. The molecular weight excluding hydrogens is 124 g/mol. The van der Waals surface area contributed by atoms with E-state index in [4.69, 9.17) is 0 Å². The molecule has 0 bridgehead atoms. The monoisotopic (exact) mass is 142 g/mol. The second-order valence-electron chi connectivity index (χ2n) is 2.48. The molecule has 60 valence electrons. The van der Waals surface area contributed by atoms with Gasteiger partial charge in [0.1, 0.15) is 0 Å². The van der Waals surface area contributed by atoms with Crippen LogP contribution in [0.25, 0.3) is 0 Å². The lowest BCUT2D eigenvalue weighted by molar-refractivity contribution is 0.342. The lowest BCUT2D eigenvalue weighted by atomic mass is 10.4. The van der Waals surface area contributed by atoms with Crippen molar-refractivity contribution < 1.29 is 0 Å². The molecule has 0 aliphatic carbocycles. The summed E-state index contributed by atoms with van der Waals surface area (Å²) in [6.45, 7) is 6.97. The fourth-order valence-corrected chi connectivity index (χ4v) is 0.726. The van der Waals surface area contributed by atoms with Crippen LogP contribution < -0.4 is 5.32 Å². The van der Waals surface area contributed by atoms with E-state index in [0.29, 0.717) is 0 Å². The van der Waals surface area contributed by atoms with Crippen molar-refractivity contribution in [3.8, 4) is 0 Å². The van der Waals surface area contributed by atoms with Crippen molar-refractivity contribution in [1.29, 1.82) is 0 Å². The average Bonchev–Trinajstić information content (AvgIpc) is 1.97. The Morgan fingerprint density at radius 3 is 2.70 bits per heavy atom. The van der Waals surface area contributed by atoms with E-state index in [1.807, 2.05) is 13.1 Å². The highest BCUT2D eigenvalue weighted by molar-refractivity contribution is 4.68. The fraction of sp³-hybridized carbons (Fsp3) is 0.750. The Balaban J connectivity index is 3.07. The minimum Gasteiger partial charge on any atom is -0.318 e. The molecule has 2 nitrogen and oxygen atoms in total. The van der Waals surface area contributed by atoms with Gasteiger partial charge in [0.15, 0.2) is 0 Å². The van der Waals surface area contributed by atoms with Crippen LogP contribution in [0.5, 0.6) is 0 Å². The molecule has 2 heteroatoms. The SMILES string of the molecule is C=CCCN(C)CCNC. The first kappa shape index (κ1) is 9.66. The third-order valence-electron chi connectivity index (χ3n) is 1.46. The van der Waals surface area contributed by atoms with Gasteiger partial charge in [0.25, 0.3) is 0 Å². The van der Waals surface area contributed by atoms with E-state index in [0.717, 1.165) is 26.1 Å². The average molecular weight is 142 g/mol. The van der Waals surface area contributed by atoms with Crippen LogP contribution in [0.2, 0.25) is 0 Å². The third kappa shape index (κ3) is 5.79. The maximum absolute atomic E-state index is 3.67. The van der Waals surface area contributed by atoms with Crippen molar-refractivity contribution in [2.45, 2.75) is 6.42 Å². The zero-order valence-corrected chi connectivity index (χ0v) is 7.06. The summed E-state index contributed by atoms with van der Waals surface area (Å²) in [7, 11) is 4.10. The number of nitrogens with one attached hydrogen (secondary N) is 1. The van der Waals surface area contributed by atoms with Crippen LogP contribution >= 0.6 is 0 Å². The van der Waals surface area contributed by atoms with E-state index in [1.54, 1.807) is 0 Å². The van der Waals surface area contributed by atoms with E-state index in [9.17, 15) is 0 Å². The van der Waals surface area contributed by atoms with Gasteiger partial charge in [0.05, 0.1) is 0 Å². The number of hydrogen-bond acceptors (Lipinski definition) is 2. The predicted molar refractivity (Wildman–Crippen MR) is 46.2 cm³/mol. The van der Waals surface area contributed by atoms with Crippen molar-refractivity contribution in [3.05, 3.63) is 12.7 Å². The van der Waals surface area contributed by atoms with E-state index in [-0.39, 0.29) is 0 Å². The van der Waals surface area contributed by atoms with Crippen LogP contribution in [-0.4, -0.2) is 38.6 Å². The van der Waals surface area contributed by atoms with Crippen LogP contribution in [0.1, 0.15) is 6.42 Å². The molecule has 0 rings (SSSR count). The molecule has 10 heavy (non-hydrogen) atoms. The van der Waals surface area contributed by atoms with Crippen LogP contribution in [0.3, 0.4) is 0 Å². The number of nitrogens with zero attached hydrogens (tertiary/aromatic N) is 1. The predicted octanol–water partition coefficient (Wildman–Crippen LogP) is 0.714. The van der Waals surface area contributed by atoms with Crippen molar-refractivity contribution in [3.63, 3.8) is 0 Å². The van der Waals surface area contributed by atoms with Crippen LogP contribution in [0.4, 0.5) is 0 Å². The molecule has 0 aromatic rings. The molecule has 0 fully saturated rings. The smallest absolute Gasteiger partial charge is 0.0104 e. The minimum absolute atomic E-state index is 1.06. The lowest BCUT2D eigenvalue weighted by Gasteiger charge is -2.14. The normalized spacial score (nSPS) is 10.3. The Morgan fingerprint density at radius 1 is 1.50 bits per heavy atom. The third-order valence-corrected chi connectivity index (χ3v) is 1.46. The number of rotatable bonds is 6. The highest BCUT2D eigenvalue weighted by Crippen LogP contribution is 1.85. The van der Waals surface area contributed by atoms with Gasteiger partial charge in [-0.25, -0.2) is 0 Å². The second-order valence-corrected chi connectivity index (χ2v) is 2.48. The summed E-state index contributed by atoms with van der Waals surface area (Å²) in [5, 5.41) is 3.11. The topological polar surface area (TPSA) is 15.3 Å². The molecule has 0 atom stereocenters. The zero-order chi connectivity index (χ0) is 7.82. The lowest BCUT2D eigenvalue weighted by Crippen LogP contribution is -2.27. The minimum atomic E-state index is 1.06. The van der Waals surface area contributed by atoms with Gasteiger partial charge in [-0.2, -0.15) is 0 Å². The maximum Gasteiger partial charge on any atom is 0.0104 e. The van der Waals surface area contributed by atoms with Crippen LogP contribution in [0, 0.1) is 0 Å². The molecule has 0 spiro atoms. The van der Waals surface area contributed by atoms with Gasteiger partial charge in [-0.05, 0) is 20.5 Å². The molecule has 0 unspecified atom stereocenters. The summed E-state index contributed by atoms with van der Waals surface area (Å²) in [6.07, 6.45) is 3.04. The van der Waals surface area contributed by atoms with Crippen LogP contribution in [0.15, 0.2) is 12.7 Å². The molecule has 0 saturated carbocycles. The largest absolute Gasteiger partial charge is 0.318 e. The molecule has 0 aromatic heterocycles. The quantitative estimate of drug-likeness (QED) is 0.550. The summed E-state index contributed by atoms with van der Waals surface area (Å²) in [5.41, 5.74) is 0. The Bertz CT molecular complexity index is 81.3. The molecule has 0 saturated heterocycles. The number of hydrogen-bond donors (Lipinski definition) is 1. The first-order valence-electron chi connectivity index (χ1n) is 3.75. The summed E-state index contributed by atoms with van der Waals surface area (Å²) in [6, 6.07) is 0. The molecular formula is C8H18N2. The van der Waals surface area contributed by atoms with Gasteiger partial charge in [-0.3, -0.25) is 0 Å². The van der Waals surface area contributed by atoms with E-state index in [1.165, 1.54) is 0 Å². The van der Waals surface area contributed by atoms with Crippen LogP contribution in [-0.2, 0) is 0 Å². The summed E-state index contributed by atoms with van der Waals surface area (Å²) in [4.78, 5) is 2.29. The molecule has 0 amide bonds. The first-order chi connectivity index (χ1) is 4.81. The van der Waals surface area contributed by atoms with Gasteiger partial charge in [0, 0.05) is 19.6 Å². The molecule has 0 aliphatic heterocycles. The van der Waals surface area contributed by atoms with Gasteiger partial charge in [-0.1, -0.05) is 6.08 Å². The maximum atomic E-state index is 3.67. The Kier molecular flexibility index (Phi) is 6.55. The molecule has 1 N–H and O–H groups in total. The standard InChI is InChI=1S/C8H18N2/c1-4-5-7-10(3)8-6-9-2/h4,9H,1,5-8H2,2-3H3. The van der Waals surface area contributed by atoms with E-state index in [2.05, 4.69) is 23.8 Å². The molecule has 0 aromatic carbocycles. The van der Waals surface area contributed by atoms with E-state index >= 15 is 0 Å². The van der Waals surface area contributed by atoms with E-state index < -0.39 is 0 Å². The highest BCUT2D eigenvalue weighted by atomic mass is 15.1. The van der Waals surface area contributed by atoms with Gasteiger partial charge >= 0.3 is 0 Å². The Labute approximate surface area is 63.9 Å². The summed E-state index contributed by atoms with van der Waals surface area (Å²) >= 11 is 0. The van der Waals surface area contributed by atoms with Crippen molar-refractivity contribution >= 4 is 0 Å². The van der Waals surface area contributed by atoms with Crippen molar-refractivity contribution in [2.24, 2.45) is 0 Å². The molecule has 0 aliphatic rings. The molecule has 0 radical (unpaired) electrons. The first-order valence-corrected chi connectivity index (χ1v) is 3.75. The summed E-state index contributed by atoms with van der Waals surface area (Å²) in [5.74, 6) is 0. The Morgan fingerprint density at radius 2 is 2.20 bits per heavy atom. The van der Waals surface area contributed by atoms with Crippen molar-refractivity contribution in [1.82, 2.24) is 10.2 Å².